The molecule has 0 radical (unpaired) electrons. The number of aryl methyl sites for hydroxylation is 1. The highest BCUT2D eigenvalue weighted by Crippen LogP contribution is 2.49. The third kappa shape index (κ3) is 3.32. The second-order valence-electron chi connectivity index (χ2n) is 7.42. The standard InChI is InChI=1S/C20H24FN3O/c1-23-10-8-22-19(23)11-14-5-4-9-24(13-14)20(25)17-12-16(17)15-6-2-3-7-18(15)21/h2-3,6-8,10,14,16-17H,4-5,9,11-13H2,1H3/t14-,16+,17+/m0/s1. The minimum atomic E-state index is -0.186. The molecule has 0 spiro atoms. The number of carbonyl (C=O) groups excluding carboxylic acids is 1. The molecule has 3 atom stereocenters. The highest BCUT2D eigenvalue weighted by Gasteiger charge is 2.47. The number of nitrogens with zero attached hydrogens (tertiary/aromatic N) is 3. The lowest BCUT2D eigenvalue weighted by Crippen LogP contribution is -2.41. The summed E-state index contributed by atoms with van der Waals surface area (Å²) in [6, 6.07) is 6.85. The van der Waals surface area contributed by atoms with Crippen molar-refractivity contribution in [3.8, 4) is 0 Å². The molecule has 2 aromatic rings. The lowest BCUT2D eigenvalue weighted by Gasteiger charge is -2.33. The maximum Gasteiger partial charge on any atom is 0.226 e. The number of rotatable bonds is 4. The summed E-state index contributed by atoms with van der Waals surface area (Å²) in [5.74, 6) is 1.58. The van der Waals surface area contributed by atoms with E-state index in [4.69, 9.17) is 0 Å². The van der Waals surface area contributed by atoms with Crippen LogP contribution in [0.1, 0.15) is 36.6 Å². The Hall–Kier alpha value is -2.17. The highest BCUT2D eigenvalue weighted by atomic mass is 19.1. The summed E-state index contributed by atoms with van der Waals surface area (Å²) in [7, 11) is 2.01. The first-order chi connectivity index (χ1) is 12.1. The van der Waals surface area contributed by atoms with Crippen molar-refractivity contribution >= 4 is 5.91 Å². The van der Waals surface area contributed by atoms with Crippen LogP contribution in [0.4, 0.5) is 4.39 Å². The van der Waals surface area contributed by atoms with Crippen LogP contribution in [-0.2, 0) is 18.3 Å². The lowest BCUT2D eigenvalue weighted by atomic mass is 9.94. The Bertz CT molecular complexity index is 772. The smallest absolute Gasteiger partial charge is 0.226 e. The first-order valence-corrected chi connectivity index (χ1v) is 9.13. The minimum Gasteiger partial charge on any atom is -0.342 e. The van der Waals surface area contributed by atoms with Crippen LogP contribution in [0.3, 0.4) is 0 Å². The molecule has 5 heteroatoms. The van der Waals surface area contributed by atoms with Crippen LogP contribution in [0.2, 0.25) is 0 Å². The Labute approximate surface area is 147 Å². The van der Waals surface area contributed by atoms with Crippen LogP contribution in [0.25, 0.3) is 0 Å². The molecule has 1 saturated heterocycles. The Morgan fingerprint density at radius 3 is 2.96 bits per heavy atom. The number of hydrogen-bond donors (Lipinski definition) is 0. The Morgan fingerprint density at radius 1 is 1.36 bits per heavy atom. The summed E-state index contributed by atoms with van der Waals surface area (Å²) in [5, 5.41) is 0. The summed E-state index contributed by atoms with van der Waals surface area (Å²) < 4.78 is 16.0. The second-order valence-corrected chi connectivity index (χ2v) is 7.42. The van der Waals surface area contributed by atoms with Crippen molar-refractivity contribution in [2.24, 2.45) is 18.9 Å². The molecule has 0 unspecified atom stereocenters. The summed E-state index contributed by atoms with van der Waals surface area (Å²) in [4.78, 5) is 19.3. The Balaban J connectivity index is 1.38. The van der Waals surface area contributed by atoms with Crippen LogP contribution in [-0.4, -0.2) is 33.4 Å². The van der Waals surface area contributed by atoms with E-state index in [0.29, 0.717) is 11.5 Å². The minimum absolute atomic E-state index is 0.0381. The number of amides is 1. The molecule has 1 amide bonds. The third-order valence-corrected chi connectivity index (χ3v) is 5.64. The van der Waals surface area contributed by atoms with Crippen LogP contribution in [0.15, 0.2) is 36.7 Å². The highest BCUT2D eigenvalue weighted by molar-refractivity contribution is 5.83. The maximum absolute atomic E-state index is 13.9. The Kier molecular flexibility index (Phi) is 4.32. The van der Waals surface area contributed by atoms with Crippen molar-refractivity contribution in [3.63, 3.8) is 0 Å². The molecule has 1 aliphatic carbocycles. The number of piperidine rings is 1. The van der Waals surface area contributed by atoms with E-state index in [1.807, 2.05) is 36.5 Å². The van der Waals surface area contributed by atoms with Gasteiger partial charge in [0.15, 0.2) is 0 Å². The first kappa shape index (κ1) is 16.3. The molecule has 0 N–H and O–H groups in total. The number of halogens is 1. The second kappa shape index (κ2) is 6.62. The SMILES string of the molecule is Cn1ccnc1C[C@@H]1CCCN(C(=O)[C@@H]2C[C@@H]2c2ccccc2F)C1. The van der Waals surface area contributed by atoms with Crippen molar-refractivity contribution in [2.75, 3.05) is 13.1 Å². The molecule has 2 fully saturated rings. The predicted octanol–water partition coefficient (Wildman–Crippen LogP) is 3.14. The van der Waals surface area contributed by atoms with Crippen LogP contribution < -0.4 is 0 Å². The summed E-state index contributed by atoms with van der Waals surface area (Å²) in [6.45, 7) is 1.63. The molecule has 132 valence electrons. The normalized spacial score (nSPS) is 25.8. The van der Waals surface area contributed by atoms with Gasteiger partial charge in [0.1, 0.15) is 11.6 Å². The molecule has 2 heterocycles. The van der Waals surface area contributed by atoms with E-state index in [1.165, 1.54) is 6.07 Å². The zero-order chi connectivity index (χ0) is 17.4. The molecule has 4 rings (SSSR count). The van der Waals surface area contributed by atoms with Crippen LogP contribution >= 0.6 is 0 Å². The van der Waals surface area contributed by atoms with E-state index >= 15 is 0 Å². The van der Waals surface area contributed by atoms with E-state index in [1.54, 1.807) is 6.07 Å². The van der Waals surface area contributed by atoms with Gasteiger partial charge in [-0.3, -0.25) is 4.79 Å². The van der Waals surface area contributed by atoms with Gasteiger partial charge >= 0.3 is 0 Å². The topological polar surface area (TPSA) is 38.1 Å². The van der Waals surface area contributed by atoms with E-state index in [0.717, 1.165) is 44.6 Å². The molecule has 2 aliphatic rings. The number of benzene rings is 1. The number of aromatic nitrogens is 2. The van der Waals surface area contributed by atoms with E-state index in [-0.39, 0.29) is 23.6 Å². The molecule has 1 saturated carbocycles. The number of imidazole rings is 1. The summed E-state index contributed by atoms with van der Waals surface area (Å²) >= 11 is 0. The first-order valence-electron chi connectivity index (χ1n) is 9.13. The Morgan fingerprint density at radius 2 is 2.20 bits per heavy atom. The van der Waals surface area contributed by atoms with E-state index < -0.39 is 0 Å². The van der Waals surface area contributed by atoms with Gasteiger partial charge in [-0.2, -0.15) is 0 Å². The van der Waals surface area contributed by atoms with Crippen molar-refractivity contribution in [3.05, 3.63) is 53.9 Å². The van der Waals surface area contributed by atoms with Gasteiger partial charge < -0.3 is 9.47 Å². The van der Waals surface area contributed by atoms with Crippen molar-refractivity contribution in [1.29, 1.82) is 0 Å². The molecular formula is C20H24FN3O. The molecular weight excluding hydrogens is 317 g/mol. The predicted molar refractivity (Wildman–Crippen MR) is 93.5 cm³/mol. The fraction of sp³-hybridized carbons (Fsp3) is 0.500. The van der Waals surface area contributed by atoms with Gasteiger partial charge in [0, 0.05) is 44.9 Å². The lowest BCUT2D eigenvalue weighted by molar-refractivity contribution is -0.134. The average molecular weight is 341 g/mol. The molecule has 4 nitrogen and oxygen atoms in total. The third-order valence-electron chi connectivity index (χ3n) is 5.64. The van der Waals surface area contributed by atoms with Gasteiger partial charge in [0.2, 0.25) is 5.91 Å². The monoisotopic (exact) mass is 341 g/mol. The fourth-order valence-corrected chi connectivity index (χ4v) is 4.11. The average Bonchev–Trinajstić information content (AvgIpc) is 3.32. The van der Waals surface area contributed by atoms with Crippen molar-refractivity contribution in [1.82, 2.24) is 14.5 Å². The molecule has 25 heavy (non-hydrogen) atoms. The summed E-state index contributed by atoms with van der Waals surface area (Å²) in [5.41, 5.74) is 0.697. The van der Waals surface area contributed by atoms with Crippen molar-refractivity contribution < 1.29 is 9.18 Å². The molecule has 1 aliphatic heterocycles. The van der Waals surface area contributed by atoms with Gasteiger partial charge in [-0.25, -0.2) is 9.37 Å². The van der Waals surface area contributed by atoms with E-state index in [2.05, 4.69) is 9.55 Å². The zero-order valence-corrected chi connectivity index (χ0v) is 14.6. The van der Waals surface area contributed by atoms with Gasteiger partial charge in [-0.05, 0) is 42.7 Å². The quantitative estimate of drug-likeness (QED) is 0.857. The number of carbonyl (C=O) groups is 1. The van der Waals surface area contributed by atoms with Crippen LogP contribution in [0.5, 0.6) is 0 Å². The number of hydrogen-bond acceptors (Lipinski definition) is 2. The molecule has 1 aromatic carbocycles. The van der Waals surface area contributed by atoms with Gasteiger partial charge in [-0.1, -0.05) is 18.2 Å². The van der Waals surface area contributed by atoms with Gasteiger partial charge in [-0.15, -0.1) is 0 Å². The van der Waals surface area contributed by atoms with Gasteiger partial charge in [0.05, 0.1) is 0 Å². The maximum atomic E-state index is 13.9. The molecule has 1 aromatic heterocycles. The van der Waals surface area contributed by atoms with E-state index in [9.17, 15) is 9.18 Å². The largest absolute Gasteiger partial charge is 0.342 e. The molecule has 0 bridgehead atoms. The van der Waals surface area contributed by atoms with Crippen molar-refractivity contribution in [2.45, 2.75) is 31.6 Å². The number of likely N-dealkylation sites (tertiary alicyclic amines) is 1. The zero-order valence-electron chi connectivity index (χ0n) is 14.6. The van der Waals surface area contributed by atoms with Crippen LogP contribution in [0, 0.1) is 17.7 Å². The fourth-order valence-electron chi connectivity index (χ4n) is 4.11. The summed E-state index contributed by atoms with van der Waals surface area (Å²) in [6.07, 6.45) is 7.65. The van der Waals surface area contributed by atoms with Gasteiger partial charge in [0.25, 0.3) is 0 Å².